The molecule has 3 aromatic rings. The maximum Gasteiger partial charge on any atom is 0.360 e. The van der Waals surface area contributed by atoms with Crippen molar-refractivity contribution in [2.45, 2.75) is 58.2 Å². The molecule has 2 aliphatic rings. The van der Waals surface area contributed by atoms with Crippen LogP contribution in [0.15, 0.2) is 36.4 Å². The van der Waals surface area contributed by atoms with Crippen LogP contribution in [0.1, 0.15) is 77.3 Å². The van der Waals surface area contributed by atoms with Gasteiger partial charge < -0.3 is 19.9 Å². The van der Waals surface area contributed by atoms with E-state index in [0.29, 0.717) is 51.5 Å². The highest BCUT2D eigenvalue weighted by molar-refractivity contribution is 7.90. The average molecular weight is 645 g/mol. The molecule has 1 aromatic heterocycles. The summed E-state index contributed by atoms with van der Waals surface area (Å²) in [5, 5.41) is 0.629. The summed E-state index contributed by atoms with van der Waals surface area (Å²) in [6.07, 6.45) is 2.22. The molecule has 1 aliphatic heterocycles. The molecule has 1 spiro atoms. The number of piperidine rings is 1. The van der Waals surface area contributed by atoms with E-state index in [0.717, 1.165) is 30.4 Å². The van der Waals surface area contributed by atoms with E-state index in [1.165, 1.54) is 0 Å². The number of fused-ring (bicyclic) bond motifs is 1. The molecule has 3 N–H and O–H groups in total. The Morgan fingerprint density at radius 3 is 2.58 bits per heavy atom. The lowest BCUT2D eigenvalue weighted by molar-refractivity contribution is 0.0519. The highest BCUT2D eigenvalue weighted by atomic mass is 35.5. The summed E-state index contributed by atoms with van der Waals surface area (Å²) in [7, 11) is 0. The van der Waals surface area contributed by atoms with Crippen molar-refractivity contribution in [3.63, 3.8) is 0 Å². The number of esters is 1. The molecule has 1 fully saturated rings. The summed E-state index contributed by atoms with van der Waals surface area (Å²) < 4.78 is 21.8. The predicted octanol–water partition coefficient (Wildman–Crippen LogP) is 5.58. The summed E-state index contributed by atoms with van der Waals surface area (Å²) in [5.41, 5.74) is 9.62. The Morgan fingerprint density at radius 2 is 1.93 bits per heavy atom. The fourth-order valence-electron chi connectivity index (χ4n) is 6.07. The van der Waals surface area contributed by atoms with Gasteiger partial charge in [0.15, 0.2) is 11.5 Å². The fraction of sp³-hybridized carbons (Fsp3) is 0.419. The minimum absolute atomic E-state index is 0.0857. The van der Waals surface area contributed by atoms with Gasteiger partial charge in [-0.25, -0.2) is 14.8 Å². The van der Waals surface area contributed by atoms with Gasteiger partial charge in [-0.15, -0.1) is 4.72 Å². The van der Waals surface area contributed by atoms with Crippen LogP contribution in [-0.4, -0.2) is 51.3 Å². The Kier molecular flexibility index (Phi) is 9.25. The number of benzene rings is 2. The van der Waals surface area contributed by atoms with Crippen molar-refractivity contribution in [3.05, 3.63) is 74.5 Å². The van der Waals surface area contributed by atoms with Crippen molar-refractivity contribution in [1.29, 1.82) is 0 Å². The number of carbonyl (C=O) groups excluding carboxylic acids is 2. The lowest BCUT2D eigenvalue weighted by Crippen LogP contribution is -2.48. The normalized spacial score (nSPS) is 18.1. The number of hydrogen-bond donors (Lipinski definition) is 2. The predicted molar refractivity (Wildman–Crippen MR) is 170 cm³/mol. The zero-order chi connectivity index (χ0) is 31.1. The first kappa shape index (κ1) is 31.5. The molecule has 0 bridgehead atoms. The van der Waals surface area contributed by atoms with Crippen LogP contribution in [0.2, 0.25) is 10.0 Å². The molecular weight excluding hydrogens is 609 g/mol. The summed E-state index contributed by atoms with van der Waals surface area (Å²) in [4.78, 5) is 36.8. The van der Waals surface area contributed by atoms with Crippen LogP contribution in [0.25, 0.3) is 11.3 Å². The number of carbonyl (C=O) groups is 2. The van der Waals surface area contributed by atoms with Crippen LogP contribution >= 0.6 is 23.2 Å². The minimum Gasteiger partial charge on any atom is -0.598 e. The Morgan fingerprint density at radius 1 is 1.21 bits per heavy atom. The number of ether oxygens (including phenoxy) is 1. The molecule has 1 aliphatic carbocycles. The molecule has 0 saturated carbocycles. The number of nitrogens with two attached hydrogens (primary N) is 1. The lowest BCUT2D eigenvalue weighted by atomic mass is 9.73. The summed E-state index contributed by atoms with van der Waals surface area (Å²) in [5.74, 6) is -0.608. The molecule has 43 heavy (non-hydrogen) atoms. The SMILES string of the molecule is CCOC(=O)c1nc(-c2cccc(Cl)c2Cl)c(C)nc1N1CCC2(CC1)Cc1ccc(C(N)=O)cc1[C@H]2N[S@+]([O-])C(C)C. The van der Waals surface area contributed by atoms with Crippen LogP contribution in [0.5, 0.6) is 0 Å². The number of rotatable bonds is 8. The molecule has 0 unspecified atom stereocenters. The quantitative estimate of drug-likeness (QED) is 0.240. The van der Waals surface area contributed by atoms with E-state index in [1.54, 1.807) is 31.2 Å². The number of amides is 1. The Hall–Kier alpha value is -2.89. The highest BCUT2D eigenvalue weighted by Crippen LogP contribution is 2.53. The number of nitrogens with zero attached hydrogens (tertiary/aromatic N) is 3. The molecule has 1 saturated heterocycles. The molecule has 2 atom stereocenters. The first-order chi connectivity index (χ1) is 20.5. The number of hydrogen-bond acceptors (Lipinski definition) is 8. The zero-order valence-electron chi connectivity index (χ0n) is 24.6. The maximum absolute atomic E-state index is 13.2. The number of halogens is 2. The van der Waals surface area contributed by atoms with Crippen LogP contribution in [0, 0.1) is 12.3 Å². The molecule has 9 nitrogen and oxygen atoms in total. The summed E-state index contributed by atoms with van der Waals surface area (Å²) >= 11 is 11.5. The molecule has 2 aromatic carbocycles. The Balaban J connectivity index is 1.49. The zero-order valence-corrected chi connectivity index (χ0v) is 26.9. The Labute approximate surface area is 264 Å². The molecule has 12 heteroatoms. The van der Waals surface area contributed by atoms with E-state index < -0.39 is 23.2 Å². The molecule has 228 valence electrons. The van der Waals surface area contributed by atoms with Gasteiger partial charge in [0.2, 0.25) is 5.91 Å². The van der Waals surface area contributed by atoms with Crippen LogP contribution in [0.3, 0.4) is 0 Å². The van der Waals surface area contributed by atoms with E-state index in [1.807, 2.05) is 32.9 Å². The smallest absolute Gasteiger partial charge is 0.360 e. The third-order valence-corrected chi connectivity index (χ3v) is 10.5. The van der Waals surface area contributed by atoms with Gasteiger partial charge in [0, 0.05) is 41.0 Å². The van der Waals surface area contributed by atoms with Crippen molar-refractivity contribution in [2.24, 2.45) is 11.1 Å². The fourth-order valence-corrected chi connectivity index (χ4v) is 7.34. The number of primary amides is 1. The van der Waals surface area contributed by atoms with Gasteiger partial charge in [0.1, 0.15) is 5.25 Å². The second-order valence-corrected chi connectivity index (χ2v) is 13.9. The van der Waals surface area contributed by atoms with Crippen molar-refractivity contribution in [1.82, 2.24) is 14.7 Å². The second kappa shape index (κ2) is 12.6. The van der Waals surface area contributed by atoms with E-state index >= 15 is 0 Å². The van der Waals surface area contributed by atoms with E-state index in [2.05, 4.69) is 9.62 Å². The van der Waals surface area contributed by atoms with Gasteiger partial charge in [0.05, 0.1) is 34.1 Å². The first-order valence-electron chi connectivity index (χ1n) is 14.3. The first-order valence-corrected chi connectivity index (χ1v) is 16.3. The molecular formula is C31H35Cl2N5O4S. The monoisotopic (exact) mass is 643 g/mol. The second-order valence-electron chi connectivity index (χ2n) is 11.4. The van der Waals surface area contributed by atoms with Gasteiger partial charge in [-0.1, -0.05) is 41.4 Å². The van der Waals surface area contributed by atoms with Crippen molar-refractivity contribution >= 4 is 52.3 Å². The standard InChI is InChI=1S/C31H35Cl2N5O4S/c1-5-42-30(40)26-29(35-18(4)25(36-26)21-7-6-8-23(32)24(21)33)38-13-11-31(12-14-38)16-20-10-9-19(28(34)39)15-22(20)27(31)37-43(41)17(2)3/h6-10,15,17,27,37H,5,11-14,16H2,1-4H3,(H2,34,39)/t27-,43-/m1/s1. The van der Waals surface area contributed by atoms with E-state index in [4.69, 9.17) is 43.6 Å². The third kappa shape index (κ3) is 6.08. The van der Waals surface area contributed by atoms with Gasteiger partial charge in [-0.05, 0) is 76.3 Å². The molecule has 2 heterocycles. The van der Waals surface area contributed by atoms with Gasteiger partial charge in [0.25, 0.3) is 0 Å². The van der Waals surface area contributed by atoms with E-state index in [9.17, 15) is 14.1 Å². The number of aromatic nitrogens is 2. The lowest BCUT2D eigenvalue weighted by Gasteiger charge is -2.44. The summed E-state index contributed by atoms with van der Waals surface area (Å²) in [6, 6.07) is 10.6. The average Bonchev–Trinajstić information content (AvgIpc) is 3.26. The van der Waals surface area contributed by atoms with Gasteiger partial charge in [-0.3, -0.25) is 4.79 Å². The number of nitrogens with one attached hydrogen (secondary N) is 1. The molecule has 0 radical (unpaired) electrons. The van der Waals surface area contributed by atoms with Crippen LogP contribution in [0.4, 0.5) is 5.82 Å². The topological polar surface area (TPSA) is 134 Å². The van der Waals surface area contributed by atoms with Crippen molar-refractivity contribution < 1.29 is 18.9 Å². The number of aryl methyl sites for hydroxylation is 1. The highest BCUT2D eigenvalue weighted by Gasteiger charge is 2.50. The third-order valence-electron chi connectivity index (χ3n) is 8.34. The van der Waals surface area contributed by atoms with Crippen molar-refractivity contribution in [2.75, 3.05) is 24.6 Å². The van der Waals surface area contributed by atoms with Gasteiger partial charge >= 0.3 is 5.97 Å². The van der Waals surface area contributed by atoms with Gasteiger partial charge in [-0.2, -0.15) is 0 Å². The molecule has 5 rings (SSSR count). The number of anilines is 1. The Bertz CT molecular complexity index is 1560. The maximum atomic E-state index is 13.2. The van der Waals surface area contributed by atoms with Crippen molar-refractivity contribution in [3.8, 4) is 11.3 Å². The van der Waals surface area contributed by atoms with E-state index in [-0.39, 0.29) is 29.0 Å². The minimum atomic E-state index is -1.28. The van der Waals surface area contributed by atoms with Crippen LogP contribution in [-0.2, 0) is 22.5 Å². The largest absolute Gasteiger partial charge is 0.598 e. The summed E-state index contributed by atoms with van der Waals surface area (Å²) in [6.45, 7) is 8.75. The molecule has 1 amide bonds. The van der Waals surface area contributed by atoms with Crippen LogP contribution < -0.4 is 15.4 Å².